The Morgan fingerprint density at radius 3 is 1.86 bits per heavy atom. The molecule has 0 aliphatic heterocycles. The van der Waals surface area contributed by atoms with Gasteiger partial charge in [-0.3, -0.25) is 9.59 Å². The molecule has 0 radical (unpaired) electrons. The van der Waals surface area contributed by atoms with Crippen molar-refractivity contribution in [3.8, 4) is 0 Å². The van der Waals surface area contributed by atoms with Crippen molar-refractivity contribution in [1.29, 1.82) is 0 Å². The number of hydrogen-bond acceptors (Lipinski definition) is 3. The molecule has 0 rings (SSSR count). The van der Waals surface area contributed by atoms with E-state index < -0.39 is 5.54 Å². The predicted octanol–water partition coefficient (Wildman–Crippen LogP) is 1.54. The number of nitrogens with two attached hydrogens (primary N) is 1. The van der Waals surface area contributed by atoms with Crippen LogP contribution in [0.4, 0.5) is 0 Å². The molecule has 0 heterocycles. The van der Waals surface area contributed by atoms with E-state index in [9.17, 15) is 9.59 Å². The van der Waals surface area contributed by atoms with Crippen molar-refractivity contribution in [3.63, 3.8) is 0 Å². The zero-order valence-electron chi connectivity index (χ0n) is 9.76. The molecule has 14 heavy (non-hydrogen) atoms. The fraction of sp³-hybridized carbons (Fsp3) is 0.818. The highest BCUT2D eigenvalue weighted by atomic mass is 16.1. The Kier molecular flexibility index (Phi) is 4.46. The summed E-state index contributed by atoms with van der Waals surface area (Å²) in [6.45, 7) is 8.87. The summed E-state index contributed by atoms with van der Waals surface area (Å²) in [5, 5.41) is 0. The maximum Gasteiger partial charge on any atom is 0.155 e. The van der Waals surface area contributed by atoms with Crippen molar-refractivity contribution in [2.75, 3.05) is 0 Å². The van der Waals surface area contributed by atoms with Gasteiger partial charge in [-0.15, -0.1) is 0 Å². The first kappa shape index (κ1) is 13.3. The van der Waals surface area contributed by atoms with Crippen LogP contribution in [0.3, 0.4) is 0 Å². The van der Waals surface area contributed by atoms with E-state index in [4.69, 9.17) is 5.73 Å². The summed E-state index contributed by atoms with van der Waals surface area (Å²) in [7, 11) is 0. The van der Waals surface area contributed by atoms with Crippen LogP contribution in [0.25, 0.3) is 0 Å². The average molecular weight is 199 g/mol. The number of ketones is 2. The molecular formula is C11H21NO2. The third kappa shape index (κ3) is 3.58. The third-order valence-corrected chi connectivity index (χ3v) is 2.27. The van der Waals surface area contributed by atoms with Gasteiger partial charge >= 0.3 is 0 Å². The van der Waals surface area contributed by atoms with E-state index >= 15 is 0 Å². The maximum absolute atomic E-state index is 11.6. The number of hydrogen-bond donors (Lipinski definition) is 1. The van der Waals surface area contributed by atoms with Crippen LogP contribution in [0, 0.1) is 11.8 Å². The van der Waals surface area contributed by atoms with Gasteiger partial charge in [0.2, 0.25) is 0 Å². The van der Waals surface area contributed by atoms with Crippen molar-refractivity contribution >= 4 is 11.6 Å². The quantitative estimate of drug-likeness (QED) is 0.730. The lowest BCUT2D eigenvalue weighted by Crippen LogP contribution is -2.49. The molecule has 3 heteroatoms. The molecule has 0 aliphatic rings. The number of Topliss-reactive ketones (excluding diaryl/α,β-unsaturated/α-hetero) is 2. The lowest BCUT2D eigenvalue weighted by Gasteiger charge is -2.25. The first-order valence-electron chi connectivity index (χ1n) is 5.04. The van der Waals surface area contributed by atoms with Gasteiger partial charge in [0, 0.05) is 18.3 Å². The maximum atomic E-state index is 11.6. The average Bonchev–Trinajstić information content (AvgIpc) is 2.01. The molecule has 0 bridgehead atoms. The highest BCUT2D eigenvalue weighted by molar-refractivity contribution is 5.95. The van der Waals surface area contributed by atoms with E-state index in [0.717, 1.165) is 0 Å². The predicted molar refractivity (Wildman–Crippen MR) is 56.9 cm³/mol. The van der Waals surface area contributed by atoms with Crippen LogP contribution in [0.15, 0.2) is 0 Å². The van der Waals surface area contributed by atoms with Crippen molar-refractivity contribution in [2.24, 2.45) is 17.6 Å². The van der Waals surface area contributed by atoms with Gasteiger partial charge in [-0.25, -0.2) is 0 Å². The molecule has 2 N–H and O–H groups in total. The van der Waals surface area contributed by atoms with Crippen molar-refractivity contribution in [3.05, 3.63) is 0 Å². The Labute approximate surface area is 86.1 Å². The molecule has 0 amide bonds. The first-order valence-corrected chi connectivity index (χ1v) is 5.04. The van der Waals surface area contributed by atoms with Crippen LogP contribution in [0.2, 0.25) is 0 Å². The van der Waals surface area contributed by atoms with Gasteiger partial charge in [0.25, 0.3) is 0 Å². The van der Waals surface area contributed by atoms with Gasteiger partial charge in [0.05, 0.1) is 5.54 Å². The summed E-state index contributed by atoms with van der Waals surface area (Å²) in [6.07, 6.45) is 0.141. The fourth-order valence-corrected chi connectivity index (χ4v) is 1.31. The minimum atomic E-state index is -1.00. The third-order valence-electron chi connectivity index (χ3n) is 2.27. The summed E-state index contributed by atoms with van der Waals surface area (Å²) in [4.78, 5) is 23.1. The van der Waals surface area contributed by atoms with E-state index in [2.05, 4.69) is 0 Å². The minimum absolute atomic E-state index is 0.0454. The molecule has 0 saturated heterocycles. The van der Waals surface area contributed by atoms with Gasteiger partial charge in [0.15, 0.2) is 5.78 Å². The molecule has 1 atom stereocenters. The standard InChI is InChI=1S/C11H21NO2/c1-7(2)9(13)6-11(5,12)10(14)8(3)4/h7-8H,6,12H2,1-5H3. The Morgan fingerprint density at radius 1 is 1.14 bits per heavy atom. The van der Waals surface area contributed by atoms with Crippen LogP contribution in [-0.2, 0) is 9.59 Å². The lowest BCUT2D eigenvalue weighted by atomic mass is 9.84. The van der Waals surface area contributed by atoms with E-state index in [1.807, 2.05) is 13.8 Å². The summed E-state index contributed by atoms with van der Waals surface area (Å²) in [5.41, 5.74) is 4.83. The molecule has 1 unspecified atom stereocenters. The second-order valence-electron chi connectivity index (χ2n) is 4.73. The van der Waals surface area contributed by atoms with Crippen LogP contribution in [-0.4, -0.2) is 17.1 Å². The number of carbonyl (C=O) groups is 2. The molecule has 0 aromatic carbocycles. The molecular weight excluding hydrogens is 178 g/mol. The van der Waals surface area contributed by atoms with Gasteiger partial charge < -0.3 is 5.73 Å². The van der Waals surface area contributed by atoms with Crippen LogP contribution in [0.1, 0.15) is 41.0 Å². The highest BCUT2D eigenvalue weighted by Crippen LogP contribution is 2.16. The van der Waals surface area contributed by atoms with Gasteiger partial charge in [-0.05, 0) is 6.92 Å². The normalized spacial score (nSPS) is 15.7. The van der Waals surface area contributed by atoms with E-state index in [0.29, 0.717) is 0 Å². The van der Waals surface area contributed by atoms with Crippen molar-refractivity contribution < 1.29 is 9.59 Å². The molecule has 0 aromatic rings. The Morgan fingerprint density at radius 2 is 1.57 bits per heavy atom. The lowest BCUT2D eigenvalue weighted by molar-refractivity contribution is -0.131. The van der Waals surface area contributed by atoms with Crippen molar-refractivity contribution in [2.45, 2.75) is 46.6 Å². The monoisotopic (exact) mass is 199 g/mol. The summed E-state index contributed by atoms with van der Waals surface area (Å²) < 4.78 is 0. The van der Waals surface area contributed by atoms with Gasteiger partial charge in [0.1, 0.15) is 5.78 Å². The second kappa shape index (κ2) is 4.69. The first-order chi connectivity index (χ1) is 6.18. The largest absolute Gasteiger partial charge is 0.319 e. The molecule has 3 nitrogen and oxygen atoms in total. The SMILES string of the molecule is CC(C)C(=O)CC(C)(N)C(=O)C(C)C. The molecule has 82 valence electrons. The summed E-state index contributed by atoms with van der Waals surface area (Å²) >= 11 is 0. The van der Waals surface area contributed by atoms with Crippen molar-refractivity contribution in [1.82, 2.24) is 0 Å². The topological polar surface area (TPSA) is 60.2 Å². The van der Waals surface area contributed by atoms with Crippen LogP contribution in [0.5, 0.6) is 0 Å². The number of carbonyl (C=O) groups excluding carboxylic acids is 2. The zero-order valence-corrected chi connectivity index (χ0v) is 9.76. The van der Waals surface area contributed by atoms with Gasteiger partial charge in [-0.2, -0.15) is 0 Å². The summed E-state index contributed by atoms with van der Waals surface area (Å²) in [6, 6.07) is 0. The van der Waals surface area contributed by atoms with E-state index in [1.54, 1.807) is 20.8 Å². The van der Waals surface area contributed by atoms with E-state index in [1.165, 1.54) is 0 Å². The Balaban J connectivity index is 4.49. The van der Waals surface area contributed by atoms with Gasteiger partial charge in [-0.1, -0.05) is 27.7 Å². The minimum Gasteiger partial charge on any atom is -0.319 e. The molecule has 0 fully saturated rings. The Bertz CT molecular complexity index is 229. The van der Waals surface area contributed by atoms with Crippen LogP contribution < -0.4 is 5.73 Å². The Hall–Kier alpha value is -0.700. The zero-order chi connectivity index (χ0) is 11.5. The smallest absolute Gasteiger partial charge is 0.155 e. The van der Waals surface area contributed by atoms with Crippen LogP contribution >= 0.6 is 0 Å². The molecule has 0 spiro atoms. The fourth-order valence-electron chi connectivity index (χ4n) is 1.31. The molecule has 0 aromatic heterocycles. The summed E-state index contributed by atoms with van der Waals surface area (Å²) in [5.74, 6) is -0.182. The van der Waals surface area contributed by atoms with E-state index in [-0.39, 0.29) is 29.8 Å². The molecule has 0 aliphatic carbocycles. The number of rotatable bonds is 5. The second-order valence-corrected chi connectivity index (χ2v) is 4.73. The molecule has 0 saturated carbocycles. The highest BCUT2D eigenvalue weighted by Gasteiger charge is 2.32.